The van der Waals surface area contributed by atoms with Gasteiger partial charge in [-0.05, 0) is 27.1 Å². The second-order valence-corrected chi connectivity index (χ2v) is 2.61. The van der Waals surface area contributed by atoms with Crippen molar-refractivity contribution >= 4 is 0 Å². The first-order chi connectivity index (χ1) is 4.77. The Morgan fingerprint density at radius 3 is 2.50 bits per heavy atom. The number of hydrogen-bond donors (Lipinski definition) is 1. The van der Waals surface area contributed by atoms with Gasteiger partial charge in [-0.2, -0.15) is 0 Å². The lowest BCUT2D eigenvalue weighted by molar-refractivity contribution is 0.188. The van der Waals surface area contributed by atoms with Crippen molar-refractivity contribution in [3.8, 4) is 0 Å². The van der Waals surface area contributed by atoms with Gasteiger partial charge in [0.2, 0.25) is 0 Å². The Labute approximate surface area is 63.0 Å². The van der Waals surface area contributed by atoms with Gasteiger partial charge in [0.25, 0.3) is 0 Å². The number of nitrogens with zero attached hydrogens (tertiary/aromatic N) is 1. The second-order valence-electron chi connectivity index (χ2n) is 2.61. The van der Waals surface area contributed by atoms with Gasteiger partial charge >= 0.3 is 0 Å². The number of rotatable bonds is 6. The second kappa shape index (κ2) is 6.99. The molecular weight excluding hydrogens is 128 g/mol. The van der Waals surface area contributed by atoms with Crippen LogP contribution < -0.4 is 5.32 Å². The Bertz CT molecular complexity index is 66.6. The van der Waals surface area contributed by atoms with E-state index >= 15 is 0 Å². The molecule has 0 aliphatic carbocycles. The SMILES string of the molecule is CN(C)CCNCCC[O]. The van der Waals surface area contributed by atoms with Gasteiger partial charge in [0, 0.05) is 13.1 Å². The van der Waals surface area contributed by atoms with Crippen LogP contribution in [0.5, 0.6) is 0 Å². The topological polar surface area (TPSA) is 35.2 Å². The predicted molar refractivity (Wildman–Crippen MR) is 41.6 cm³/mol. The molecule has 0 saturated heterocycles. The molecule has 0 amide bonds. The monoisotopic (exact) mass is 145 g/mol. The number of hydrogen-bond acceptors (Lipinski definition) is 2. The smallest absolute Gasteiger partial charge is 0.0834 e. The summed E-state index contributed by atoms with van der Waals surface area (Å²) in [6.07, 6.45) is 0.743. The fraction of sp³-hybridized carbons (Fsp3) is 1.00. The molecule has 0 bridgehead atoms. The van der Waals surface area contributed by atoms with E-state index in [0.717, 1.165) is 26.1 Å². The highest BCUT2D eigenvalue weighted by Crippen LogP contribution is 1.73. The molecular formula is C7H17N2O. The summed E-state index contributed by atoms with van der Waals surface area (Å²) in [7, 11) is 4.07. The summed E-state index contributed by atoms with van der Waals surface area (Å²) in [5.74, 6) is 0. The van der Waals surface area contributed by atoms with Gasteiger partial charge < -0.3 is 10.2 Å². The molecule has 10 heavy (non-hydrogen) atoms. The van der Waals surface area contributed by atoms with E-state index in [-0.39, 0.29) is 6.61 Å². The van der Waals surface area contributed by atoms with Crippen molar-refractivity contribution < 1.29 is 5.11 Å². The van der Waals surface area contributed by atoms with Crippen molar-refractivity contribution in [2.24, 2.45) is 0 Å². The molecule has 0 unspecified atom stereocenters. The number of nitrogens with one attached hydrogen (secondary N) is 1. The van der Waals surface area contributed by atoms with Gasteiger partial charge in [0.1, 0.15) is 0 Å². The lowest BCUT2D eigenvalue weighted by Crippen LogP contribution is -2.27. The third-order valence-electron chi connectivity index (χ3n) is 1.23. The quantitative estimate of drug-likeness (QED) is 0.532. The van der Waals surface area contributed by atoms with Gasteiger partial charge in [-0.1, -0.05) is 0 Å². The van der Waals surface area contributed by atoms with E-state index in [0.29, 0.717) is 0 Å². The lowest BCUT2D eigenvalue weighted by Gasteiger charge is -2.09. The highest BCUT2D eigenvalue weighted by molar-refractivity contribution is 4.49. The molecule has 0 aliphatic rings. The Morgan fingerprint density at radius 1 is 1.30 bits per heavy atom. The van der Waals surface area contributed by atoms with E-state index in [9.17, 15) is 5.11 Å². The average molecular weight is 145 g/mol. The molecule has 0 spiro atoms. The minimum absolute atomic E-state index is 0.0367. The van der Waals surface area contributed by atoms with Crippen LogP contribution in [0.15, 0.2) is 0 Å². The summed E-state index contributed by atoms with van der Waals surface area (Å²) in [6.45, 7) is 2.91. The van der Waals surface area contributed by atoms with E-state index in [2.05, 4.69) is 10.2 Å². The molecule has 0 aromatic rings. The molecule has 0 rings (SSSR count). The maximum atomic E-state index is 9.98. The first-order valence-electron chi connectivity index (χ1n) is 3.71. The Morgan fingerprint density at radius 2 is 2.00 bits per heavy atom. The average Bonchev–Trinajstić information content (AvgIpc) is 1.87. The van der Waals surface area contributed by atoms with Crippen molar-refractivity contribution in [3.63, 3.8) is 0 Å². The summed E-state index contributed by atoms with van der Waals surface area (Å²) in [5, 5.41) is 13.2. The molecule has 0 aliphatic heterocycles. The van der Waals surface area contributed by atoms with Crippen molar-refractivity contribution in [3.05, 3.63) is 0 Å². The largest absolute Gasteiger partial charge is 0.315 e. The first kappa shape index (κ1) is 9.88. The Kier molecular flexibility index (Phi) is 6.91. The van der Waals surface area contributed by atoms with Crippen LogP contribution in [0, 0.1) is 0 Å². The van der Waals surface area contributed by atoms with Crippen LogP contribution in [-0.4, -0.2) is 45.2 Å². The van der Waals surface area contributed by atoms with Crippen LogP contribution in [0.25, 0.3) is 0 Å². The van der Waals surface area contributed by atoms with Crippen LogP contribution in [0.2, 0.25) is 0 Å². The summed E-state index contributed by atoms with van der Waals surface area (Å²) in [5.41, 5.74) is 0. The minimum Gasteiger partial charge on any atom is -0.315 e. The minimum atomic E-state index is 0.0367. The van der Waals surface area contributed by atoms with Gasteiger partial charge in [-0.25, -0.2) is 5.11 Å². The molecule has 3 heteroatoms. The van der Waals surface area contributed by atoms with Gasteiger partial charge in [0.15, 0.2) is 0 Å². The van der Waals surface area contributed by atoms with Crippen LogP contribution >= 0.6 is 0 Å². The molecule has 0 atom stereocenters. The summed E-state index contributed by atoms with van der Waals surface area (Å²) in [6, 6.07) is 0. The van der Waals surface area contributed by atoms with Crippen LogP contribution in [0.1, 0.15) is 6.42 Å². The standard InChI is InChI=1S/C7H17N2O/c1-9(2)6-5-8-4-3-7-10/h8H,3-7H2,1-2H3. The summed E-state index contributed by atoms with van der Waals surface area (Å²) in [4.78, 5) is 2.12. The zero-order chi connectivity index (χ0) is 7.82. The normalized spacial score (nSPS) is 10.8. The van der Waals surface area contributed by atoms with Crippen molar-refractivity contribution in [1.82, 2.24) is 10.2 Å². The molecule has 0 fully saturated rings. The van der Waals surface area contributed by atoms with E-state index < -0.39 is 0 Å². The Balaban J connectivity index is 2.77. The zero-order valence-corrected chi connectivity index (χ0v) is 6.89. The highest BCUT2D eigenvalue weighted by atomic mass is 16.3. The lowest BCUT2D eigenvalue weighted by atomic mass is 10.4. The zero-order valence-electron chi connectivity index (χ0n) is 6.89. The maximum Gasteiger partial charge on any atom is 0.0834 e. The molecule has 0 aromatic heterocycles. The predicted octanol–water partition coefficient (Wildman–Crippen LogP) is -0.0418. The van der Waals surface area contributed by atoms with Crippen molar-refractivity contribution in [2.75, 3.05) is 40.3 Å². The van der Waals surface area contributed by atoms with Gasteiger partial charge in [-0.3, -0.25) is 0 Å². The number of likely N-dealkylation sites (N-methyl/N-ethyl adjacent to an activating group) is 1. The molecule has 61 valence electrons. The third kappa shape index (κ3) is 7.88. The van der Waals surface area contributed by atoms with Crippen LogP contribution in [-0.2, 0) is 5.11 Å². The van der Waals surface area contributed by atoms with E-state index in [1.807, 2.05) is 14.1 Å². The fourth-order valence-corrected chi connectivity index (χ4v) is 0.625. The van der Waals surface area contributed by atoms with Crippen LogP contribution in [0.4, 0.5) is 0 Å². The molecule has 1 radical (unpaired) electrons. The van der Waals surface area contributed by atoms with Crippen LogP contribution in [0.3, 0.4) is 0 Å². The summed E-state index contributed by atoms with van der Waals surface area (Å²) >= 11 is 0. The van der Waals surface area contributed by atoms with Crippen molar-refractivity contribution in [1.29, 1.82) is 0 Å². The van der Waals surface area contributed by atoms with E-state index in [1.54, 1.807) is 0 Å². The molecule has 0 saturated carbocycles. The highest BCUT2D eigenvalue weighted by Gasteiger charge is 1.88. The first-order valence-corrected chi connectivity index (χ1v) is 3.71. The fourth-order valence-electron chi connectivity index (χ4n) is 0.625. The molecule has 3 nitrogen and oxygen atoms in total. The summed E-state index contributed by atoms with van der Waals surface area (Å²) < 4.78 is 0. The molecule has 1 N–H and O–H groups in total. The molecule has 0 aromatic carbocycles. The van der Waals surface area contributed by atoms with Gasteiger partial charge in [-0.15, -0.1) is 0 Å². The third-order valence-corrected chi connectivity index (χ3v) is 1.23. The molecule has 0 heterocycles. The van der Waals surface area contributed by atoms with Gasteiger partial charge in [0.05, 0.1) is 6.61 Å². The Hall–Kier alpha value is -0.120. The van der Waals surface area contributed by atoms with E-state index in [1.165, 1.54) is 0 Å². The maximum absolute atomic E-state index is 9.98. The van der Waals surface area contributed by atoms with E-state index in [4.69, 9.17) is 0 Å². The van der Waals surface area contributed by atoms with Crippen molar-refractivity contribution in [2.45, 2.75) is 6.42 Å².